The molecule has 2 aromatic carbocycles. The Kier molecular flexibility index (Phi) is 7.96. The molecule has 1 atom stereocenters. The fourth-order valence-electron chi connectivity index (χ4n) is 3.29. The minimum Gasteiger partial charge on any atom is -0.493 e. The van der Waals surface area contributed by atoms with Gasteiger partial charge in [0.05, 0.1) is 25.1 Å². The second kappa shape index (κ2) is 10.7. The number of ether oxygens (including phenoxy) is 2. The molecule has 31 heavy (non-hydrogen) atoms. The van der Waals surface area contributed by atoms with E-state index >= 15 is 0 Å². The molecule has 1 aromatic heterocycles. The Labute approximate surface area is 188 Å². The van der Waals surface area contributed by atoms with Gasteiger partial charge in [-0.05, 0) is 42.7 Å². The van der Waals surface area contributed by atoms with Crippen LogP contribution in [0.1, 0.15) is 30.7 Å². The standard InChI is InChI=1S/C24H30ClN3O3/c1-16(2)21(14-29)26-13-18-10-11-22(23(12-18)30-4)31-15-20-17(3)27-28(24(20)25)19-8-6-5-7-9-19/h5-12,16,21,26,29H,13-15H2,1-4H3/t21-/m0/s1. The van der Waals surface area contributed by atoms with Crippen LogP contribution in [0.15, 0.2) is 48.5 Å². The van der Waals surface area contributed by atoms with Gasteiger partial charge in [0.2, 0.25) is 0 Å². The average Bonchev–Trinajstić information content (AvgIpc) is 3.06. The maximum absolute atomic E-state index is 9.49. The van der Waals surface area contributed by atoms with Crippen LogP contribution in [0.5, 0.6) is 11.5 Å². The lowest BCUT2D eigenvalue weighted by atomic mass is 10.0. The Morgan fingerprint density at radius 1 is 1.13 bits per heavy atom. The van der Waals surface area contributed by atoms with E-state index in [1.54, 1.807) is 11.8 Å². The topological polar surface area (TPSA) is 68.5 Å². The minimum atomic E-state index is 0.0492. The molecule has 0 aliphatic rings. The van der Waals surface area contributed by atoms with Crippen LogP contribution in [0.4, 0.5) is 0 Å². The first-order chi connectivity index (χ1) is 14.9. The molecular formula is C24H30ClN3O3. The van der Waals surface area contributed by atoms with Crippen LogP contribution in [0.2, 0.25) is 5.15 Å². The molecule has 166 valence electrons. The summed E-state index contributed by atoms with van der Waals surface area (Å²) < 4.78 is 13.3. The third-order valence-electron chi connectivity index (χ3n) is 5.29. The highest BCUT2D eigenvalue weighted by molar-refractivity contribution is 6.30. The molecule has 0 fully saturated rings. The maximum Gasteiger partial charge on any atom is 0.161 e. The first kappa shape index (κ1) is 23.1. The van der Waals surface area contributed by atoms with E-state index < -0.39 is 0 Å². The summed E-state index contributed by atoms with van der Waals surface area (Å²) in [4.78, 5) is 0. The first-order valence-corrected chi connectivity index (χ1v) is 10.8. The first-order valence-electron chi connectivity index (χ1n) is 10.4. The number of aliphatic hydroxyl groups excluding tert-OH is 1. The van der Waals surface area contributed by atoms with Gasteiger partial charge in [-0.2, -0.15) is 5.10 Å². The van der Waals surface area contributed by atoms with E-state index in [4.69, 9.17) is 21.1 Å². The fourth-order valence-corrected chi connectivity index (χ4v) is 3.61. The molecule has 0 saturated heterocycles. The van der Waals surface area contributed by atoms with E-state index in [9.17, 15) is 5.11 Å². The highest BCUT2D eigenvalue weighted by Gasteiger charge is 2.17. The third-order valence-corrected chi connectivity index (χ3v) is 5.68. The van der Waals surface area contributed by atoms with Gasteiger partial charge in [0.15, 0.2) is 11.5 Å². The van der Waals surface area contributed by atoms with Crippen molar-refractivity contribution < 1.29 is 14.6 Å². The van der Waals surface area contributed by atoms with E-state index in [0.717, 1.165) is 22.5 Å². The van der Waals surface area contributed by atoms with Crippen molar-refractivity contribution in [3.05, 3.63) is 70.5 Å². The molecule has 2 N–H and O–H groups in total. The number of hydrogen-bond acceptors (Lipinski definition) is 5. The Morgan fingerprint density at radius 3 is 2.52 bits per heavy atom. The predicted octanol–water partition coefficient (Wildman–Crippen LogP) is 4.53. The molecule has 0 unspecified atom stereocenters. The Bertz CT molecular complexity index is 989. The second-order valence-corrected chi connectivity index (χ2v) is 8.15. The van der Waals surface area contributed by atoms with E-state index in [1.807, 2.05) is 55.5 Å². The molecule has 1 heterocycles. The SMILES string of the molecule is COc1cc(CN[C@@H](CO)C(C)C)ccc1OCc1c(C)nn(-c2ccccc2)c1Cl. The molecule has 3 rings (SSSR count). The van der Waals surface area contributed by atoms with Crippen molar-refractivity contribution in [2.75, 3.05) is 13.7 Å². The number of aliphatic hydroxyl groups is 1. The number of aryl methyl sites for hydroxylation is 1. The molecule has 3 aromatic rings. The fraction of sp³-hybridized carbons (Fsp3) is 0.375. The minimum absolute atomic E-state index is 0.0492. The summed E-state index contributed by atoms with van der Waals surface area (Å²) in [7, 11) is 1.62. The summed E-state index contributed by atoms with van der Waals surface area (Å²) in [5.41, 5.74) is 3.60. The zero-order valence-electron chi connectivity index (χ0n) is 18.4. The third kappa shape index (κ3) is 5.58. The van der Waals surface area contributed by atoms with E-state index in [1.165, 1.54) is 0 Å². The molecular weight excluding hydrogens is 414 g/mol. The van der Waals surface area contributed by atoms with Gasteiger partial charge < -0.3 is 19.9 Å². The highest BCUT2D eigenvalue weighted by atomic mass is 35.5. The molecule has 6 nitrogen and oxygen atoms in total. The smallest absolute Gasteiger partial charge is 0.161 e. The summed E-state index contributed by atoms with van der Waals surface area (Å²) in [5, 5.41) is 18.0. The van der Waals surface area contributed by atoms with Crippen LogP contribution >= 0.6 is 11.6 Å². The molecule has 7 heteroatoms. The van der Waals surface area contributed by atoms with Crippen molar-refractivity contribution in [1.29, 1.82) is 0 Å². The van der Waals surface area contributed by atoms with Crippen LogP contribution in [-0.2, 0) is 13.2 Å². The normalized spacial score (nSPS) is 12.2. The van der Waals surface area contributed by atoms with E-state index in [0.29, 0.717) is 29.1 Å². The lowest BCUT2D eigenvalue weighted by molar-refractivity contribution is 0.210. The zero-order chi connectivity index (χ0) is 22.4. The molecule has 0 amide bonds. The van der Waals surface area contributed by atoms with Gasteiger partial charge in [0.1, 0.15) is 11.8 Å². The number of hydrogen-bond donors (Lipinski definition) is 2. The summed E-state index contributed by atoms with van der Waals surface area (Å²) in [6.45, 7) is 7.10. The highest BCUT2D eigenvalue weighted by Crippen LogP contribution is 2.31. The van der Waals surface area contributed by atoms with Gasteiger partial charge in [0.25, 0.3) is 0 Å². The average molecular weight is 444 g/mol. The largest absolute Gasteiger partial charge is 0.493 e. The lowest BCUT2D eigenvalue weighted by Crippen LogP contribution is -2.36. The molecule has 0 aliphatic carbocycles. The molecule has 0 radical (unpaired) electrons. The predicted molar refractivity (Wildman–Crippen MR) is 123 cm³/mol. The van der Waals surface area contributed by atoms with E-state index in [2.05, 4.69) is 24.3 Å². The Balaban J connectivity index is 1.71. The number of nitrogens with zero attached hydrogens (tertiary/aromatic N) is 2. The van der Waals surface area contributed by atoms with E-state index in [-0.39, 0.29) is 19.3 Å². The van der Waals surface area contributed by atoms with Gasteiger partial charge in [-0.3, -0.25) is 0 Å². The quantitative estimate of drug-likeness (QED) is 0.482. The van der Waals surface area contributed by atoms with Crippen LogP contribution in [-0.4, -0.2) is 34.6 Å². The van der Waals surface area contributed by atoms with Crippen molar-refractivity contribution in [1.82, 2.24) is 15.1 Å². The number of rotatable bonds is 10. The zero-order valence-corrected chi connectivity index (χ0v) is 19.2. The van der Waals surface area contributed by atoms with Crippen LogP contribution in [0.3, 0.4) is 0 Å². The number of benzene rings is 2. The number of para-hydroxylation sites is 1. The summed E-state index contributed by atoms with van der Waals surface area (Å²) in [6.07, 6.45) is 0. The van der Waals surface area contributed by atoms with Crippen molar-refractivity contribution in [3.63, 3.8) is 0 Å². The van der Waals surface area contributed by atoms with Crippen LogP contribution in [0, 0.1) is 12.8 Å². The van der Waals surface area contributed by atoms with Gasteiger partial charge in [-0.25, -0.2) is 4.68 Å². The molecule has 0 saturated carbocycles. The van der Waals surface area contributed by atoms with Crippen molar-refractivity contribution in [2.24, 2.45) is 5.92 Å². The molecule has 0 bridgehead atoms. The van der Waals surface area contributed by atoms with Crippen LogP contribution < -0.4 is 14.8 Å². The number of methoxy groups -OCH3 is 1. The summed E-state index contributed by atoms with van der Waals surface area (Å²) in [5.74, 6) is 1.63. The van der Waals surface area contributed by atoms with Crippen molar-refractivity contribution in [3.8, 4) is 17.2 Å². The van der Waals surface area contributed by atoms with Crippen molar-refractivity contribution in [2.45, 2.75) is 40.0 Å². The van der Waals surface area contributed by atoms with Gasteiger partial charge in [-0.15, -0.1) is 0 Å². The number of aromatic nitrogens is 2. The van der Waals surface area contributed by atoms with Crippen molar-refractivity contribution >= 4 is 11.6 Å². The van der Waals surface area contributed by atoms with Gasteiger partial charge >= 0.3 is 0 Å². The number of nitrogens with one attached hydrogen (secondary N) is 1. The monoisotopic (exact) mass is 443 g/mol. The Morgan fingerprint density at radius 2 is 1.87 bits per heavy atom. The lowest BCUT2D eigenvalue weighted by Gasteiger charge is -2.20. The molecule has 0 aliphatic heterocycles. The molecule has 0 spiro atoms. The second-order valence-electron chi connectivity index (χ2n) is 7.79. The van der Waals surface area contributed by atoms with Crippen LogP contribution in [0.25, 0.3) is 5.69 Å². The Hall–Kier alpha value is -2.54. The summed E-state index contributed by atoms with van der Waals surface area (Å²) >= 11 is 6.60. The van der Waals surface area contributed by atoms with Gasteiger partial charge in [0, 0.05) is 18.2 Å². The summed E-state index contributed by atoms with van der Waals surface area (Å²) in [6, 6.07) is 15.6. The van der Waals surface area contributed by atoms with Gasteiger partial charge in [-0.1, -0.05) is 49.7 Å². The number of halogens is 1. The maximum atomic E-state index is 9.49.